The highest BCUT2D eigenvalue weighted by atomic mass is 32.2. The number of likely N-dealkylation sites (N-methyl/N-ethyl adjacent to an activating group) is 1. The van der Waals surface area contributed by atoms with Crippen molar-refractivity contribution in [2.24, 2.45) is 0 Å². The van der Waals surface area contributed by atoms with Crippen molar-refractivity contribution in [3.05, 3.63) is 23.8 Å². The summed E-state index contributed by atoms with van der Waals surface area (Å²) in [5, 5.41) is 12.3. The summed E-state index contributed by atoms with van der Waals surface area (Å²) in [5.74, 6) is -0.0271. The summed E-state index contributed by atoms with van der Waals surface area (Å²) in [6.07, 6.45) is 0.914. The largest absolute Gasteiger partial charge is 0.376 e. The van der Waals surface area contributed by atoms with E-state index in [1.807, 2.05) is 26.1 Å². The second-order valence-corrected chi connectivity index (χ2v) is 5.71. The lowest BCUT2D eigenvalue weighted by atomic mass is 10.1. The topological polar surface area (TPSA) is 52.6 Å². The zero-order valence-electron chi connectivity index (χ0n) is 10.6. The van der Waals surface area contributed by atoms with E-state index >= 15 is 0 Å². The number of hydrogen-bond acceptors (Lipinski definition) is 4. The Labute approximate surface area is 111 Å². The van der Waals surface area contributed by atoms with E-state index in [4.69, 9.17) is 0 Å². The molecule has 1 aliphatic heterocycles. The van der Waals surface area contributed by atoms with Gasteiger partial charge in [0.25, 0.3) is 0 Å². The van der Waals surface area contributed by atoms with Crippen LogP contribution < -0.4 is 10.2 Å². The molecule has 0 saturated heterocycles. The molecule has 1 aromatic rings. The summed E-state index contributed by atoms with van der Waals surface area (Å²) in [5.41, 5.74) is 2.00. The Hall–Kier alpha value is -1.04. The van der Waals surface area contributed by atoms with Gasteiger partial charge in [-0.05, 0) is 44.6 Å². The van der Waals surface area contributed by atoms with E-state index < -0.39 is 0 Å². The number of nitrogens with zero attached hydrogens (tertiary/aromatic N) is 1. The first-order valence-corrected chi connectivity index (χ1v) is 6.91. The summed E-state index contributed by atoms with van der Waals surface area (Å²) in [7, 11) is 1.92. The maximum atomic E-state index is 12.0. The molecule has 1 atom stereocenters. The lowest BCUT2D eigenvalue weighted by Crippen LogP contribution is -2.40. The Balaban J connectivity index is 2.32. The van der Waals surface area contributed by atoms with Crippen LogP contribution in [0.25, 0.3) is 0 Å². The molecule has 0 spiro atoms. The maximum Gasteiger partial charge on any atom is 0.242 e. The third-order valence-corrected chi connectivity index (χ3v) is 4.19. The quantitative estimate of drug-likeness (QED) is 0.860. The second-order valence-electron chi connectivity index (χ2n) is 4.32. The van der Waals surface area contributed by atoms with Crippen molar-refractivity contribution in [1.82, 2.24) is 5.32 Å². The summed E-state index contributed by atoms with van der Waals surface area (Å²) < 4.78 is 0. The van der Waals surface area contributed by atoms with Crippen molar-refractivity contribution in [3.8, 4) is 0 Å². The molecule has 0 aromatic heterocycles. The molecule has 1 unspecified atom stereocenters. The zero-order valence-corrected chi connectivity index (χ0v) is 11.5. The van der Waals surface area contributed by atoms with Crippen LogP contribution in [0.3, 0.4) is 0 Å². The molecule has 0 bridgehead atoms. The van der Waals surface area contributed by atoms with Gasteiger partial charge < -0.3 is 10.4 Å². The number of anilines is 1. The molecule has 98 valence electrons. The highest BCUT2D eigenvalue weighted by Gasteiger charge is 2.30. The Morgan fingerprint density at radius 3 is 2.94 bits per heavy atom. The highest BCUT2D eigenvalue weighted by molar-refractivity contribution is 8.00. The number of carbonyl (C=O) groups is 1. The molecule has 2 rings (SSSR count). The lowest BCUT2D eigenvalue weighted by Gasteiger charge is -2.31. The molecule has 0 saturated carbocycles. The van der Waals surface area contributed by atoms with Gasteiger partial charge in [-0.15, -0.1) is 11.8 Å². The number of fused-ring (bicyclic) bond motifs is 1. The Bertz CT molecular complexity index is 451. The predicted octanol–water partition coefficient (Wildman–Crippen LogP) is 1.23. The summed E-state index contributed by atoms with van der Waals surface area (Å²) >= 11 is 1.55. The van der Waals surface area contributed by atoms with Crippen LogP contribution >= 0.6 is 11.8 Å². The average Bonchev–Trinajstić information content (AvgIpc) is 2.38. The minimum absolute atomic E-state index is 0.0271. The number of carbonyl (C=O) groups excluding carboxylic acids is 1. The van der Waals surface area contributed by atoms with Crippen LogP contribution in [-0.4, -0.2) is 36.6 Å². The van der Waals surface area contributed by atoms with Gasteiger partial charge in [-0.2, -0.15) is 0 Å². The molecule has 1 amide bonds. The second kappa shape index (κ2) is 5.73. The molecule has 5 heteroatoms. The zero-order chi connectivity index (χ0) is 13.1. The van der Waals surface area contributed by atoms with E-state index in [0.29, 0.717) is 0 Å². The number of aliphatic hydroxyl groups is 1. The van der Waals surface area contributed by atoms with Crippen LogP contribution in [0.15, 0.2) is 23.1 Å². The SMILES string of the molecule is CNCCc1ccc2c(c1)N(CO)C(=O)C(C)S2. The van der Waals surface area contributed by atoms with Crippen LogP contribution in [0.1, 0.15) is 12.5 Å². The fourth-order valence-electron chi connectivity index (χ4n) is 2.02. The fourth-order valence-corrected chi connectivity index (χ4v) is 3.07. The molecule has 2 N–H and O–H groups in total. The Kier molecular flexibility index (Phi) is 4.27. The van der Waals surface area contributed by atoms with Gasteiger partial charge in [0.05, 0.1) is 10.9 Å². The molecule has 1 aliphatic rings. The van der Waals surface area contributed by atoms with Crippen molar-refractivity contribution < 1.29 is 9.90 Å². The van der Waals surface area contributed by atoms with E-state index in [0.717, 1.165) is 23.5 Å². The predicted molar refractivity (Wildman–Crippen MR) is 74.0 cm³/mol. The van der Waals surface area contributed by atoms with Gasteiger partial charge in [0.1, 0.15) is 6.73 Å². The number of amides is 1. The molecule has 0 radical (unpaired) electrons. The van der Waals surface area contributed by atoms with Crippen molar-refractivity contribution in [1.29, 1.82) is 0 Å². The van der Waals surface area contributed by atoms with Gasteiger partial charge in [-0.1, -0.05) is 6.07 Å². The van der Waals surface area contributed by atoms with Crippen LogP contribution in [0.5, 0.6) is 0 Å². The van der Waals surface area contributed by atoms with Crippen LogP contribution in [0, 0.1) is 0 Å². The lowest BCUT2D eigenvalue weighted by molar-refractivity contribution is -0.118. The summed E-state index contributed by atoms with van der Waals surface area (Å²) in [6.45, 7) is 2.51. The first-order chi connectivity index (χ1) is 8.67. The number of nitrogens with one attached hydrogen (secondary N) is 1. The third-order valence-electron chi connectivity index (χ3n) is 3.04. The van der Waals surface area contributed by atoms with E-state index in [1.165, 1.54) is 10.5 Å². The monoisotopic (exact) mass is 266 g/mol. The van der Waals surface area contributed by atoms with Crippen molar-refractivity contribution >= 4 is 23.4 Å². The Morgan fingerprint density at radius 2 is 2.28 bits per heavy atom. The molecular weight excluding hydrogens is 248 g/mol. The van der Waals surface area contributed by atoms with Crippen LogP contribution in [0.4, 0.5) is 5.69 Å². The maximum absolute atomic E-state index is 12.0. The highest BCUT2D eigenvalue weighted by Crippen LogP contribution is 2.39. The molecule has 18 heavy (non-hydrogen) atoms. The van der Waals surface area contributed by atoms with Gasteiger partial charge >= 0.3 is 0 Å². The molecule has 1 aromatic carbocycles. The van der Waals surface area contributed by atoms with Gasteiger partial charge in [0, 0.05) is 4.90 Å². The van der Waals surface area contributed by atoms with E-state index in [9.17, 15) is 9.90 Å². The standard InChI is InChI=1S/C13H18N2O2S/c1-9-13(17)15(8-16)11-7-10(5-6-14-2)3-4-12(11)18-9/h3-4,7,9,14,16H,5-6,8H2,1-2H3. The smallest absolute Gasteiger partial charge is 0.242 e. The number of aliphatic hydroxyl groups excluding tert-OH is 1. The van der Waals surface area contributed by atoms with E-state index in [2.05, 4.69) is 11.4 Å². The first kappa shape index (κ1) is 13.4. The summed E-state index contributed by atoms with van der Waals surface area (Å²) in [6, 6.07) is 6.12. The molecule has 0 aliphatic carbocycles. The van der Waals surface area contributed by atoms with Crippen LogP contribution in [-0.2, 0) is 11.2 Å². The average molecular weight is 266 g/mol. The van der Waals surface area contributed by atoms with Crippen molar-refractivity contribution in [2.75, 3.05) is 25.2 Å². The van der Waals surface area contributed by atoms with Crippen LogP contribution in [0.2, 0.25) is 0 Å². The van der Waals surface area contributed by atoms with Crippen molar-refractivity contribution in [3.63, 3.8) is 0 Å². The molecular formula is C13H18N2O2S. The van der Waals surface area contributed by atoms with Crippen molar-refractivity contribution in [2.45, 2.75) is 23.5 Å². The van der Waals surface area contributed by atoms with Gasteiger partial charge in [0.2, 0.25) is 5.91 Å². The first-order valence-electron chi connectivity index (χ1n) is 6.03. The van der Waals surface area contributed by atoms with Gasteiger partial charge in [-0.3, -0.25) is 9.69 Å². The van der Waals surface area contributed by atoms with E-state index in [-0.39, 0.29) is 17.9 Å². The minimum atomic E-state index is -0.258. The number of hydrogen-bond donors (Lipinski definition) is 2. The number of rotatable bonds is 4. The normalized spacial score (nSPS) is 18.9. The minimum Gasteiger partial charge on any atom is -0.376 e. The third kappa shape index (κ3) is 2.53. The Morgan fingerprint density at radius 1 is 1.50 bits per heavy atom. The van der Waals surface area contributed by atoms with Gasteiger partial charge in [0.15, 0.2) is 0 Å². The molecule has 1 heterocycles. The summed E-state index contributed by atoms with van der Waals surface area (Å²) in [4.78, 5) is 14.5. The molecule has 0 fully saturated rings. The fraction of sp³-hybridized carbons (Fsp3) is 0.462. The number of thioether (sulfide) groups is 1. The number of benzene rings is 1. The van der Waals surface area contributed by atoms with Gasteiger partial charge in [-0.25, -0.2) is 0 Å². The molecule has 4 nitrogen and oxygen atoms in total. The van der Waals surface area contributed by atoms with E-state index in [1.54, 1.807) is 11.8 Å².